The maximum atomic E-state index is 11.4. The summed E-state index contributed by atoms with van der Waals surface area (Å²) in [5.41, 5.74) is 8.56. The molecule has 140 valence electrons. The molecule has 2 N–H and O–H groups in total. The zero-order valence-electron chi connectivity index (χ0n) is 15.0. The van der Waals surface area contributed by atoms with Gasteiger partial charge in [0, 0.05) is 37.7 Å². The molecule has 0 atom stereocenters. The lowest BCUT2D eigenvalue weighted by Crippen LogP contribution is -2.34. The highest BCUT2D eigenvalue weighted by molar-refractivity contribution is 7.22. The van der Waals surface area contributed by atoms with Crippen LogP contribution >= 0.6 is 11.3 Å². The highest BCUT2D eigenvalue weighted by Gasteiger charge is 2.38. The van der Waals surface area contributed by atoms with Gasteiger partial charge in [-0.15, -0.1) is 0 Å². The lowest BCUT2D eigenvalue weighted by Gasteiger charge is -2.28. The molecule has 0 radical (unpaired) electrons. The predicted molar refractivity (Wildman–Crippen MR) is 103 cm³/mol. The van der Waals surface area contributed by atoms with Crippen molar-refractivity contribution in [2.45, 2.75) is 45.0 Å². The number of benzene rings is 1. The molecule has 1 aromatic carbocycles. The van der Waals surface area contributed by atoms with Crippen molar-refractivity contribution in [3.05, 3.63) is 36.4 Å². The van der Waals surface area contributed by atoms with E-state index in [4.69, 9.17) is 15.2 Å². The van der Waals surface area contributed by atoms with Crippen LogP contribution in [0.3, 0.4) is 0 Å². The smallest absolute Gasteiger partial charge is 0.305 e. The Bertz CT molecular complexity index is 965. The molecule has 1 aliphatic carbocycles. The second kappa shape index (κ2) is 7.21. The molecule has 0 saturated heterocycles. The molecular weight excluding hydrogens is 364 g/mol. The van der Waals surface area contributed by atoms with Crippen molar-refractivity contribution in [1.82, 2.24) is 15.0 Å². The number of anilines is 1. The summed E-state index contributed by atoms with van der Waals surface area (Å²) in [5, 5.41) is 0.555. The number of hydrogen-bond acceptors (Lipinski definition) is 8. The van der Waals surface area contributed by atoms with Crippen LogP contribution in [0.15, 0.2) is 30.6 Å². The number of hydrogen-bond donors (Lipinski definition) is 1. The highest BCUT2D eigenvalue weighted by atomic mass is 32.1. The van der Waals surface area contributed by atoms with Gasteiger partial charge in [0.15, 0.2) is 11.0 Å². The standard InChI is InChI=1S/C19H20N4O3S/c1-12(24)26-19(6-2-3-7-19)25-11-17-21-9-14(10-22-17)13-4-5-15-16(8-13)27-18(20)23-15/h4-5,8-10H,2-3,6-7,11H2,1H3,(H2,20,23). The zero-order chi connectivity index (χ0) is 18.9. The molecule has 1 saturated carbocycles. The highest BCUT2D eigenvalue weighted by Crippen LogP contribution is 2.35. The molecule has 0 spiro atoms. The number of carbonyl (C=O) groups excluding carboxylic acids is 1. The fourth-order valence-corrected chi connectivity index (χ4v) is 4.12. The van der Waals surface area contributed by atoms with E-state index in [1.807, 2.05) is 18.2 Å². The number of nitrogen functional groups attached to an aromatic ring is 1. The van der Waals surface area contributed by atoms with Crippen LogP contribution in [0.1, 0.15) is 38.4 Å². The van der Waals surface area contributed by atoms with Crippen molar-refractivity contribution >= 4 is 32.7 Å². The molecule has 2 aromatic heterocycles. The molecule has 1 aliphatic rings. The van der Waals surface area contributed by atoms with E-state index in [0.29, 0.717) is 23.8 Å². The monoisotopic (exact) mass is 384 g/mol. The quantitative estimate of drug-likeness (QED) is 0.529. The molecule has 0 amide bonds. The summed E-state index contributed by atoms with van der Waals surface area (Å²) in [5.74, 6) is -0.599. The second-order valence-electron chi connectivity index (χ2n) is 6.62. The van der Waals surface area contributed by atoms with Crippen LogP contribution in [0, 0.1) is 0 Å². The van der Waals surface area contributed by atoms with Crippen molar-refractivity contribution in [3.63, 3.8) is 0 Å². The van der Waals surface area contributed by atoms with Crippen molar-refractivity contribution < 1.29 is 14.3 Å². The molecule has 0 aliphatic heterocycles. The van der Waals surface area contributed by atoms with Crippen LogP contribution in [0.25, 0.3) is 21.3 Å². The van der Waals surface area contributed by atoms with Gasteiger partial charge in [0.05, 0.1) is 10.2 Å². The number of nitrogens with two attached hydrogens (primary N) is 1. The maximum absolute atomic E-state index is 11.4. The first kappa shape index (κ1) is 17.8. The third-order valence-electron chi connectivity index (χ3n) is 4.60. The summed E-state index contributed by atoms with van der Waals surface area (Å²) in [7, 11) is 0. The lowest BCUT2D eigenvalue weighted by molar-refractivity contribution is -0.233. The molecular formula is C19H20N4O3S. The van der Waals surface area contributed by atoms with E-state index in [2.05, 4.69) is 15.0 Å². The molecule has 7 nitrogen and oxygen atoms in total. The minimum atomic E-state index is -0.828. The van der Waals surface area contributed by atoms with Crippen LogP contribution in [0.5, 0.6) is 0 Å². The Morgan fingerprint density at radius 2 is 1.96 bits per heavy atom. The number of esters is 1. The predicted octanol–water partition coefficient (Wildman–Crippen LogP) is 3.69. The van der Waals surface area contributed by atoms with Crippen LogP contribution in [0.2, 0.25) is 0 Å². The summed E-state index contributed by atoms with van der Waals surface area (Å²) in [6.07, 6.45) is 6.93. The van der Waals surface area contributed by atoms with Gasteiger partial charge in [-0.25, -0.2) is 15.0 Å². The summed E-state index contributed by atoms with van der Waals surface area (Å²) >= 11 is 1.46. The number of nitrogens with zero attached hydrogens (tertiary/aromatic N) is 3. The Morgan fingerprint density at radius 3 is 2.67 bits per heavy atom. The van der Waals surface area contributed by atoms with Gasteiger partial charge < -0.3 is 15.2 Å². The molecule has 2 heterocycles. The Kier molecular flexibility index (Phi) is 4.75. The normalized spacial score (nSPS) is 15.9. The van der Waals surface area contributed by atoms with Crippen molar-refractivity contribution in [1.29, 1.82) is 0 Å². The van der Waals surface area contributed by atoms with E-state index >= 15 is 0 Å². The van der Waals surface area contributed by atoms with Gasteiger partial charge in [-0.3, -0.25) is 4.79 Å². The van der Waals surface area contributed by atoms with Gasteiger partial charge in [-0.05, 0) is 30.5 Å². The molecule has 0 bridgehead atoms. The first-order valence-corrected chi connectivity index (χ1v) is 9.66. The molecule has 3 aromatic rings. The van der Waals surface area contributed by atoms with Crippen LogP contribution in [-0.4, -0.2) is 26.7 Å². The summed E-state index contributed by atoms with van der Waals surface area (Å²) in [6, 6.07) is 5.95. The van der Waals surface area contributed by atoms with E-state index in [1.165, 1.54) is 18.3 Å². The largest absolute Gasteiger partial charge is 0.433 e. The summed E-state index contributed by atoms with van der Waals surface area (Å²) in [4.78, 5) is 24.4. The number of carbonyl (C=O) groups is 1. The topological polar surface area (TPSA) is 100 Å². The second-order valence-corrected chi connectivity index (χ2v) is 7.68. The lowest BCUT2D eigenvalue weighted by atomic mass is 10.1. The number of fused-ring (bicyclic) bond motifs is 1. The zero-order valence-corrected chi connectivity index (χ0v) is 15.8. The minimum absolute atomic E-state index is 0.206. The number of rotatable bonds is 5. The van der Waals surface area contributed by atoms with E-state index in [9.17, 15) is 4.79 Å². The van der Waals surface area contributed by atoms with Gasteiger partial charge in [0.1, 0.15) is 6.61 Å². The van der Waals surface area contributed by atoms with Gasteiger partial charge >= 0.3 is 5.97 Å². The number of aromatic nitrogens is 3. The first-order chi connectivity index (χ1) is 13.0. The van der Waals surface area contributed by atoms with Gasteiger partial charge in [0.25, 0.3) is 0 Å². The summed E-state index contributed by atoms with van der Waals surface area (Å²) < 4.78 is 12.4. The molecule has 8 heteroatoms. The van der Waals surface area contributed by atoms with Crippen LogP contribution < -0.4 is 5.73 Å². The molecule has 0 unspecified atom stereocenters. The van der Waals surface area contributed by atoms with Gasteiger partial charge in [0.2, 0.25) is 5.79 Å². The van der Waals surface area contributed by atoms with Crippen molar-refractivity contribution in [2.75, 3.05) is 5.73 Å². The third-order valence-corrected chi connectivity index (χ3v) is 5.45. The Labute approximate surface area is 160 Å². The Hall–Kier alpha value is -2.58. The van der Waals surface area contributed by atoms with E-state index < -0.39 is 5.79 Å². The van der Waals surface area contributed by atoms with E-state index in [1.54, 1.807) is 12.4 Å². The fraction of sp³-hybridized carbons (Fsp3) is 0.368. The minimum Gasteiger partial charge on any atom is -0.433 e. The average Bonchev–Trinajstić information content (AvgIpc) is 3.25. The Morgan fingerprint density at radius 1 is 1.22 bits per heavy atom. The maximum Gasteiger partial charge on any atom is 0.305 e. The molecule has 1 fully saturated rings. The van der Waals surface area contributed by atoms with Crippen LogP contribution in [0.4, 0.5) is 5.13 Å². The number of ether oxygens (including phenoxy) is 2. The SMILES string of the molecule is CC(=O)OC1(OCc2ncc(-c3ccc4nc(N)sc4c3)cn2)CCCC1. The third kappa shape index (κ3) is 3.91. The van der Waals surface area contributed by atoms with Crippen molar-refractivity contribution in [2.24, 2.45) is 0 Å². The van der Waals surface area contributed by atoms with E-state index in [0.717, 1.165) is 34.2 Å². The molecule has 4 rings (SSSR count). The average molecular weight is 384 g/mol. The van der Waals surface area contributed by atoms with Crippen LogP contribution in [-0.2, 0) is 20.9 Å². The first-order valence-electron chi connectivity index (χ1n) is 8.84. The van der Waals surface area contributed by atoms with Gasteiger partial charge in [-0.1, -0.05) is 17.4 Å². The van der Waals surface area contributed by atoms with Crippen molar-refractivity contribution in [3.8, 4) is 11.1 Å². The van der Waals surface area contributed by atoms with E-state index in [-0.39, 0.29) is 12.6 Å². The Balaban J connectivity index is 1.47. The summed E-state index contributed by atoms with van der Waals surface area (Å²) in [6.45, 7) is 1.61. The van der Waals surface area contributed by atoms with Gasteiger partial charge in [-0.2, -0.15) is 0 Å². The molecule has 27 heavy (non-hydrogen) atoms. The fourth-order valence-electron chi connectivity index (χ4n) is 3.35. The number of thiazole rings is 1.